The summed E-state index contributed by atoms with van der Waals surface area (Å²) in [5.41, 5.74) is 1.15. The number of amides is 1. The number of hydrogen-bond donors (Lipinski definition) is 1. The van der Waals surface area contributed by atoms with E-state index in [0.717, 1.165) is 18.5 Å². The molecule has 0 aromatic carbocycles. The minimum absolute atomic E-state index is 0.0936. The number of aromatic nitrogens is 1. The molecule has 0 saturated carbocycles. The van der Waals surface area contributed by atoms with Gasteiger partial charge in [0.1, 0.15) is 12.6 Å². The van der Waals surface area contributed by atoms with Gasteiger partial charge in [0.25, 0.3) is 5.91 Å². The van der Waals surface area contributed by atoms with Gasteiger partial charge in [0.15, 0.2) is 0 Å². The van der Waals surface area contributed by atoms with Crippen LogP contribution in [0.1, 0.15) is 49.7 Å². The van der Waals surface area contributed by atoms with E-state index in [2.05, 4.69) is 10.3 Å². The molecule has 0 saturated heterocycles. The number of nitrogens with zero attached hydrogens (tertiary/aromatic N) is 1. The van der Waals surface area contributed by atoms with Gasteiger partial charge in [-0.15, -0.1) is 0 Å². The molecule has 1 aromatic rings. The highest BCUT2D eigenvalue weighted by atomic mass is 16.5. The van der Waals surface area contributed by atoms with Crippen molar-refractivity contribution in [1.82, 2.24) is 10.3 Å². The third kappa shape index (κ3) is 6.22. The van der Waals surface area contributed by atoms with Gasteiger partial charge in [-0.25, -0.2) is 0 Å². The summed E-state index contributed by atoms with van der Waals surface area (Å²) in [6, 6.07) is 3.38. The second-order valence-corrected chi connectivity index (χ2v) is 4.79. The smallest absolute Gasteiger partial charge is 0.325 e. The Morgan fingerprint density at radius 3 is 2.50 bits per heavy atom. The lowest BCUT2D eigenvalue weighted by atomic mass is 10.2. The number of rotatable bonds is 9. The first-order valence-electron chi connectivity index (χ1n) is 7.61. The first-order chi connectivity index (χ1) is 10.6. The fourth-order valence-electron chi connectivity index (χ4n) is 1.79. The summed E-state index contributed by atoms with van der Waals surface area (Å²) in [7, 11) is 0. The lowest BCUT2D eigenvalue weighted by Gasteiger charge is -2.14. The summed E-state index contributed by atoms with van der Waals surface area (Å²) in [4.78, 5) is 27.7. The summed E-state index contributed by atoms with van der Waals surface area (Å²) < 4.78 is 10.4. The van der Waals surface area contributed by atoms with E-state index >= 15 is 0 Å². The zero-order valence-corrected chi connectivity index (χ0v) is 13.4. The molecule has 6 heteroatoms. The molecule has 0 aliphatic heterocycles. The van der Waals surface area contributed by atoms with Crippen molar-refractivity contribution in [3.05, 3.63) is 29.6 Å². The lowest BCUT2D eigenvalue weighted by molar-refractivity contribution is -0.148. The van der Waals surface area contributed by atoms with Crippen molar-refractivity contribution in [2.45, 2.75) is 46.3 Å². The van der Waals surface area contributed by atoms with Crippen LogP contribution in [0, 0.1) is 0 Å². The van der Waals surface area contributed by atoms with Crippen molar-refractivity contribution in [2.75, 3.05) is 13.2 Å². The number of nitrogens with one attached hydrogen (secondary N) is 1. The third-order valence-electron chi connectivity index (χ3n) is 3.14. The largest absolute Gasteiger partial charge is 0.461 e. The van der Waals surface area contributed by atoms with Crippen LogP contribution in [0.25, 0.3) is 0 Å². The van der Waals surface area contributed by atoms with Gasteiger partial charge in [0, 0.05) is 12.8 Å². The van der Waals surface area contributed by atoms with E-state index in [1.165, 1.54) is 6.20 Å². The number of hydrogen-bond acceptors (Lipinski definition) is 5. The molecule has 1 N–H and O–H groups in total. The summed E-state index contributed by atoms with van der Waals surface area (Å²) >= 11 is 0. The summed E-state index contributed by atoms with van der Waals surface area (Å²) in [5.74, 6) is -0.778. The number of esters is 1. The van der Waals surface area contributed by atoms with Crippen molar-refractivity contribution in [2.24, 2.45) is 0 Å². The molecule has 1 amide bonds. The average Bonchev–Trinajstić information content (AvgIpc) is 2.56. The van der Waals surface area contributed by atoms with Crippen LogP contribution in [0.5, 0.6) is 0 Å². The summed E-state index contributed by atoms with van der Waals surface area (Å²) in [6.45, 7) is 6.70. The number of carbonyl (C=O) groups is 2. The molecule has 1 aromatic heterocycles. The Balaban J connectivity index is 2.43. The molecule has 22 heavy (non-hydrogen) atoms. The first kappa shape index (κ1) is 18.1. The molecule has 1 heterocycles. The zero-order chi connectivity index (χ0) is 16.4. The maximum Gasteiger partial charge on any atom is 0.325 e. The SMILES string of the molecule is CCOCc1ccc(C(=O)NCC(=O)OC(CC)CC)cn1. The second kappa shape index (κ2) is 9.89. The predicted octanol–water partition coefficient (Wildman–Crippen LogP) is 2.08. The lowest BCUT2D eigenvalue weighted by Crippen LogP contribution is -2.32. The van der Waals surface area contributed by atoms with E-state index < -0.39 is 5.97 Å². The highest BCUT2D eigenvalue weighted by molar-refractivity contribution is 5.95. The Labute approximate surface area is 131 Å². The van der Waals surface area contributed by atoms with Crippen LogP contribution < -0.4 is 5.32 Å². The molecule has 0 fully saturated rings. The van der Waals surface area contributed by atoms with Crippen molar-refractivity contribution in [3.63, 3.8) is 0 Å². The van der Waals surface area contributed by atoms with Gasteiger partial charge in [-0.2, -0.15) is 0 Å². The summed E-state index contributed by atoms with van der Waals surface area (Å²) in [5, 5.41) is 2.53. The van der Waals surface area contributed by atoms with E-state index in [1.54, 1.807) is 12.1 Å². The molecule has 122 valence electrons. The van der Waals surface area contributed by atoms with Gasteiger partial charge in [-0.1, -0.05) is 13.8 Å². The number of pyridine rings is 1. The minimum Gasteiger partial charge on any atom is -0.461 e. The molecule has 1 rings (SSSR count). The predicted molar refractivity (Wildman–Crippen MR) is 82.4 cm³/mol. The molecule has 0 unspecified atom stereocenters. The Bertz CT molecular complexity index is 470. The van der Waals surface area contributed by atoms with Crippen LogP contribution in [-0.2, 0) is 20.9 Å². The van der Waals surface area contributed by atoms with Crippen LogP contribution in [0.15, 0.2) is 18.3 Å². The average molecular weight is 308 g/mol. The minimum atomic E-state index is -0.428. The van der Waals surface area contributed by atoms with E-state index in [9.17, 15) is 9.59 Å². The van der Waals surface area contributed by atoms with Crippen LogP contribution >= 0.6 is 0 Å². The van der Waals surface area contributed by atoms with Crippen molar-refractivity contribution in [1.29, 1.82) is 0 Å². The van der Waals surface area contributed by atoms with E-state index in [0.29, 0.717) is 18.8 Å². The quantitative estimate of drug-likeness (QED) is 0.707. The number of ether oxygens (including phenoxy) is 2. The van der Waals surface area contributed by atoms with Crippen LogP contribution in [0.4, 0.5) is 0 Å². The van der Waals surface area contributed by atoms with Crippen LogP contribution in [0.2, 0.25) is 0 Å². The van der Waals surface area contributed by atoms with Crippen LogP contribution in [-0.4, -0.2) is 36.1 Å². The third-order valence-corrected chi connectivity index (χ3v) is 3.14. The maximum absolute atomic E-state index is 11.9. The topological polar surface area (TPSA) is 77.5 Å². The molecule has 0 bridgehead atoms. The molecule has 0 spiro atoms. The Hall–Kier alpha value is -1.95. The molecule has 0 atom stereocenters. The molecule has 6 nitrogen and oxygen atoms in total. The van der Waals surface area contributed by atoms with Crippen molar-refractivity contribution >= 4 is 11.9 Å². The van der Waals surface area contributed by atoms with Gasteiger partial charge in [0.05, 0.1) is 17.9 Å². The fourth-order valence-corrected chi connectivity index (χ4v) is 1.79. The standard InChI is InChI=1S/C16H24N2O4/c1-4-14(5-2)22-15(19)10-18-16(20)12-7-8-13(17-9-12)11-21-6-3/h7-9,14H,4-6,10-11H2,1-3H3,(H,18,20). The van der Waals surface area contributed by atoms with Crippen molar-refractivity contribution < 1.29 is 19.1 Å². The normalized spacial score (nSPS) is 10.5. The summed E-state index contributed by atoms with van der Waals surface area (Å²) in [6.07, 6.45) is 2.91. The van der Waals surface area contributed by atoms with Gasteiger partial charge >= 0.3 is 5.97 Å². The maximum atomic E-state index is 11.9. The van der Waals surface area contributed by atoms with E-state index in [1.807, 2.05) is 20.8 Å². The molecule has 0 aliphatic carbocycles. The van der Waals surface area contributed by atoms with Gasteiger partial charge < -0.3 is 14.8 Å². The van der Waals surface area contributed by atoms with Gasteiger partial charge in [0.2, 0.25) is 0 Å². The first-order valence-corrected chi connectivity index (χ1v) is 7.61. The van der Waals surface area contributed by atoms with Crippen molar-refractivity contribution in [3.8, 4) is 0 Å². The Morgan fingerprint density at radius 1 is 1.23 bits per heavy atom. The highest BCUT2D eigenvalue weighted by Crippen LogP contribution is 2.04. The fraction of sp³-hybridized carbons (Fsp3) is 0.562. The number of carbonyl (C=O) groups excluding carboxylic acids is 2. The molecule has 0 radical (unpaired) electrons. The van der Waals surface area contributed by atoms with E-state index in [-0.39, 0.29) is 18.6 Å². The van der Waals surface area contributed by atoms with Gasteiger partial charge in [-0.05, 0) is 31.9 Å². The molecular formula is C16H24N2O4. The monoisotopic (exact) mass is 308 g/mol. The van der Waals surface area contributed by atoms with Crippen LogP contribution in [0.3, 0.4) is 0 Å². The Kier molecular flexibility index (Phi) is 8.14. The highest BCUT2D eigenvalue weighted by Gasteiger charge is 2.13. The zero-order valence-electron chi connectivity index (χ0n) is 13.4. The second-order valence-electron chi connectivity index (χ2n) is 4.79. The van der Waals surface area contributed by atoms with E-state index in [4.69, 9.17) is 9.47 Å². The Morgan fingerprint density at radius 2 is 1.95 bits per heavy atom. The molecular weight excluding hydrogens is 284 g/mol. The van der Waals surface area contributed by atoms with Gasteiger partial charge in [-0.3, -0.25) is 14.6 Å². The molecule has 0 aliphatic rings.